The molecule has 40 heavy (non-hydrogen) atoms. The first-order valence-electron chi connectivity index (χ1n) is 13.5. The Morgan fingerprint density at radius 2 is 1.65 bits per heavy atom. The molecule has 206 valence electrons. The molecule has 0 amide bonds. The number of rotatable bonds is 5. The predicted octanol–water partition coefficient (Wildman–Crippen LogP) is 4.58. The molecule has 3 aromatic carbocycles. The highest BCUT2D eigenvalue weighted by molar-refractivity contribution is 7.89. The zero-order valence-electron chi connectivity index (χ0n) is 22.8. The van der Waals surface area contributed by atoms with E-state index in [9.17, 15) is 13.2 Å². The van der Waals surface area contributed by atoms with Crippen molar-refractivity contribution in [3.05, 3.63) is 94.0 Å². The van der Waals surface area contributed by atoms with Gasteiger partial charge in [-0.15, -0.1) is 5.10 Å². The van der Waals surface area contributed by atoms with Crippen LogP contribution >= 0.6 is 0 Å². The molecule has 0 unspecified atom stereocenters. The summed E-state index contributed by atoms with van der Waals surface area (Å²) >= 11 is 0. The molecule has 10 heteroatoms. The summed E-state index contributed by atoms with van der Waals surface area (Å²) in [5.41, 5.74) is 2.64. The van der Waals surface area contributed by atoms with Crippen molar-refractivity contribution in [2.24, 2.45) is 0 Å². The van der Waals surface area contributed by atoms with Crippen LogP contribution in [0.3, 0.4) is 0 Å². The van der Waals surface area contributed by atoms with E-state index >= 15 is 0 Å². The van der Waals surface area contributed by atoms with E-state index < -0.39 is 10.0 Å². The fraction of sp³-hybridized carbons (Fsp3) is 0.333. The summed E-state index contributed by atoms with van der Waals surface area (Å²) in [6.07, 6.45) is 1.10. The molecule has 1 fully saturated rings. The Labute approximate surface area is 232 Å². The normalized spacial score (nSPS) is 15.7. The maximum atomic E-state index is 13.6. The molecule has 0 saturated carbocycles. The largest absolute Gasteiger partial charge is 0.308 e. The van der Waals surface area contributed by atoms with Gasteiger partial charge >= 0.3 is 0 Å². The zero-order chi connectivity index (χ0) is 28.1. The predicted molar refractivity (Wildman–Crippen MR) is 155 cm³/mol. The van der Waals surface area contributed by atoms with E-state index in [0.29, 0.717) is 48.8 Å². The average molecular weight is 557 g/mol. The number of hydrogen-bond donors (Lipinski definition) is 1. The van der Waals surface area contributed by atoms with Crippen molar-refractivity contribution in [3.8, 4) is 0 Å². The average Bonchev–Trinajstić information content (AvgIpc) is 3.35. The second kappa shape index (κ2) is 9.94. The highest BCUT2D eigenvalue weighted by atomic mass is 32.2. The molecule has 2 aromatic heterocycles. The van der Waals surface area contributed by atoms with Gasteiger partial charge in [0, 0.05) is 24.4 Å². The molecular formula is C30H32N6O3S. The molecule has 9 nitrogen and oxygen atoms in total. The van der Waals surface area contributed by atoms with Crippen molar-refractivity contribution in [3.63, 3.8) is 0 Å². The first kappa shape index (κ1) is 26.3. The standard InChI is InChI=1S/C30H32N6O3S/c1-30(2,3)23-13-11-20(12-14-23)19-36-28-26(33-34-36)29(37)32-27(31-28)22-15-17-35(18-16-22)40(38,39)25-10-6-8-21-7-4-5-9-24(21)25/h4-14,22H,15-19H2,1-3H3,(H,31,32,37). The third kappa shape index (κ3) is 4.82. The van der Waals surface area contributed by atoms with Crippen molar-refractivity contribution in [1.29, 1.82) is 0 Å². The van der Waals surface area contributed by atoms with Crippen LogP contribution in [-0.2, 0) is 22.0 Å². The Kier molecular flexibility index (Phi) is 6.54. The Hall–Kier alpha value is -3.89. The Morgan fingerprint density at radius 3 is 2.38 bits per heavy atom. The van der Waals surface area contributed by atoms with Crippen LogP contribution in [0.5, 0.6) is 0 Å². The number of sulfonamides is 1. The van der Waals surface area contributed by atoms with Crippen molar-refractivity contribution in [1.82, 2.24) is 29.3 Å². The van der Waals surface area contributed by atoms with Gasteiger partial charge in [0.05, 0.1) is 11.4 Å². The van der Waals surface area contributed by atoms with Gasteiger partial charge in [-0.3, -0.25) is 4.79 Å². The van der Waals surface area contributed by atoms with E-state index in [1.165, 1.54) is 9.87 Å². The lowest BCUT2D eigenvalue weighted by Crippen LogP contribution is -2.38. The molecule has 5 aromatic rings. The van der Waals surface area contributed by atoms with E-state index in [-0.39, 0.29) is 22.4 Å². The molecule has 1 aliphatic rings. The van der Waals surface area contributed by atoms with E-state index in [1.54, 1.807) is 16.8 Å². The first-order chi connectivity index (χ1) is 19.1. The van der Waals surface area contributed by atoms with Gasteiger partial charge in [-0.25, -0.2) is 18.1 Å². The Bertz CT molecular complexity index is 1860. The van der Waals surface area contributed by atoms with Crippen molar-refractivity contribution in [2.75, 3.05) is 13.1 Å². The van der Waals surface area contributed by atoms with Gasteiger partial charge in [-0.2, -0.15) is 4.31 Å². The summed E-state index contributed by atoms with van der Waals surface area (Å²) < 4.78 is 30.3. The smallest absolute Gasteiger partial charge is 0.281 e. The Morgan fingerprint density at radius 1 is 0.950 bits per heavy atom. The van der Waals surface area contributed by atoms with Crippen LogP contribution in [0.1, 0.15) is 56.5 Å². The van der Waals surface area contributed by atoms with E-state index in [0.717, 1.165) is 16.3 Å². The molecule has 3 heterocycles. The molecule has 0 bridgehead atoms. The molecule has 6 rings (SSSR count). The van der Waals surface area contributed by atoms with Crippen LogP contribution in [0.2, 0.25) is 0 Å². The van der Waals surface area contributed by atoms with Crippen molar-refractivity contribution >= 4 is 32.0 Å². The SMILES string of the molecule is CC(C)(C)c1ccc(Cn2nnc3c(=O)[nH]c(C4CCN(S(=O)(=O)c5cccc6ccccc56)CC4)nc32)cc1. The molecule has 0 spiro atoms. The van der Waals surface area contributed by atoms with Gasteiger partial charge in [0.1, 0.15) is 5.82 Å². The highest BCUT2D eigenvalue weighted by Gasteiger charge is 2.32. The number of piperidine rings is 1. The van der Waals surface area contributed by atoms with Crippen LogP contribution < -0.4 is 5.56 Å². The Balaban J connectivity index is 1.22. The van der Waals surface area contributed by atoms with Crippen molar-refractivity contribution < 1.29 is 8.42 Å². The molecule has 1 N–H and O–H groups in total. The maximum Gasteiger partial charge on any atom is 0.281 e. The monoisotopic (exact) mass is 556 g/mol. The maximum absolute atomic E-state index is 13.6. The fourth-order valence-corrected chi connectivity index (χ4v) is 7.08. The van der Waals surface area contributed by atoms with E-state index in [4.69, 9.17) is 4.98 Å². The number of nitrogens with one attached hydrogen (secondary N) is 1. The number of benzene rings is 3. The number of H-pyrrole nitrogens is 1. The minimum absolute atomic E-state index is 0.0615. The number of nitrogens with zero attached hydrogens (tertiary/aromatic N) is 5. The second-order valence-electron chi connectivity index (χ2n) is 11.5. The van der Waals surface area contributed by atoms with E-state index in [1.807, 2.05) is 30.3 Å². The van der Waals surface area contributed by atoms with Gasteiger partial charge in [-0.1, -0.05) is 86.6 Å². The summed E-state index contributed by atoms with van der Waals surface area (Å²) in [7, 11) is -3.67. The molecule has 0 radical (unpaired) electrons. The zero-order valence-corrected chi connectivity index (χ0v) is 23.6. The van der Waals surface area contributed by atoms with Gasteiger partial charge < -0.3 is 4.98 Å². The lowest BCUT2D eigenvalue weighted by molar-refractivity contribution is 0.313. The second-order valence-corrected chi connectivity index (χ2v) is 13.4. The summed E-state index contributed by atoms with van der Waals surface area (Å²) in [6.45, 7) is 7.65. The quantitative estimate of drug-likeness (QED) is 0.339. The summed E-state index contributed by atoms with van der Waals surface area (Å²) in [6, 6.07) is 21.2. The van der Waals surface area contributed by atoms with Gasteiger partial charge in [0.2, 0.25) is 10.0 Å². The lowest BCUT2D eigenvalue weighted by atomic mass is 9.87. The topological polar surface area (TPSA) is 114 Å². The van der Waals surface area contributed by atoms with Crippen molar-refractivity contribution in [2.45, 2.75) is 56.4 Å². The summed E-state index contributed by atoms with van der Waals surface area (Å²) in [5, 5.41) is 9.90. The third-order valence-corrected chi connectivity index (χ3v) is 9.71. The summed E-state index contributed by atoms with van der Waals surface area (Å²) in [4.78, 5) is 20.9. The van der Waals surface area contributed by atoms with Crippen LogP contribution in [0.25, 0.3) is 21.9 Å². The van der Waals surface area contributed by atoms with Crippen LogP contribution in [0.15, 0.2) is 76.4 Å². The van der Waals surface area contributed by atoms with Crippen LogP contribution in [0, 0.1) is 0 Å². The highest BCUT2D eigenvalue weighted by Crippen LogP contribution is 2.32. The molecule has 1 aliphatic heterocycles. The minimum Gasteiger partial charge on any atom is -0.308 e. The lowest BCUT2D eigenvalue weighted by Gasteiger charge is -2.31. The van der Waals surface area contributed by atoms with Crippen LogP contribution in [0.4, 0.5) is 0 Å². The number of aromatic amines is 1. The molecule has 0 aliphatic carbocycles. The molecular weight excluding hydrogens is 524 g/mol. The number of hydrogen-bond acceptors (Lipinski definition) is 6. The minimum atomic E-state index is -3.67. The molecule has 0 atom stereocenters. The number of aromatic nitrogens is 5. The van der Waals surface area contributed by atoms with Crippen LogP contribution in [-0.4, -0.2) is 50.8 Å². The van der Waals surface area contributed by atoms with Gasteiger partial charge in [0.15, 0.2) is 11.2 Å². The fourth-order valence-electron chi connectivity index (χ4n) is 5.40. The third-order valence-electron chi connectivity index (χ3n) is 7.75. The van der Waals surface area contributed by atoms with Gasteiger partial charge in [0.25, 0.3) is 5.56 Å². The molecule has 1 saturated heterocycles. The summed E-state index contributed by atoms with van der Waals surface area (Å²) in [5.74, 6) is 0.469. The van der Waals surface area contributed by atoms with E-state index in [2.05, 4.69) is 60.3 Å². The van der Waals surface area contributed by atoms with Gasteiger partial charge in [-0.05, 0) is 40.8 Å². The first-order valence-corrected chi connectivity index (χ1v) is 15.0. The number of fused-ring (bicyclic) bond motifs is 2.